The monoisotopic (exact) mass is 249 g/mol. The Morgan fingerprint density at radius 2 is 1.83 bits per heavy atom. The van der Waals surface area contributed by atoms with E-state index in [1.165, 1.54) is 6.92 Å². The van der Waals surface area contributed by atoms with Crippen molar-refractivity contribution in [2.75, 3.05) is 20.1 Å². The molecule has 1 atom stereocenters. The zero-order valence-electron chi connectivity index (χ0n) is 11.0. The number of Topliss-reactive ketones (excluding diaryl/α,β-unsaturated/α-hetero) is 1. The number of carbonyl (C=O) groups is 1. The van der Waals surface area contributed by atoms with Crippen LogP contribution in [0.25, 0.3) is 0 Å². The van der Waals surface area contributed by atoms with Crippen LogP contribution in [0, 0.1) is 5.92 Å². The topological polar surface area (TPSA) is 20.3 Å². The Labute approximate surface area is 108 Å². The van der Waals surface area contributed by atoms with Gasteiger partial charge in [-0.05, 0) is 51.4 Å². The minimum atomic E-state index is -0.903. The summed E-state index contributed by atoms with van der Waals surface area (Å²) >= 11 is 0. The number of ketones is 1. The lowest BCUT2D eigenvalue weighted by Gasteiger charge is -2.31. The quantitative estimate of drug-likeness (QED) is 0.766. The van der Waals surface area contributed by atoms with Gasteiger partial charge in [-0.25, -0.2) is 4.39 Å². The van der Waals surface area contributed by atoms with Crippen LogP contribution in [0.4, 0.5) is 4.39 Å². The van der Waals surface area contributed by atoms with Crippen LogP contribution in [-0.4, -0.2) is 30.8 Å². The van der Waals surface area contributed by atoms with Crippen molar-refractivity contribution in [3.05, 3.63) is 35.4 Å². The molecule has 98 valence electrons. The molecule has 0 spiro atoms. The van der Waals surface area contributed by atoms with Gasteiger partial charge in [0.2, 0.25) is 0 Å². The number of hydrogen-bond donors (Lipinski definition) is 0. The molecule has 2 rings (SSSR count). The van der Waals surface area contributed by atoms with E-state index in [1.54, 1.807) is 24.3 Å². The van der Waals surface area contributed by atoms with Gasteiger partial charge in [-0.15, -0.1) is 0 Å². The van der Waals surface area contributed by atoms with Gasteiger partial charge in [0.05, 0.1) is 0 Å². The van der Waals surface area contributed by atoms with Gasteiger partial charge in [0, 0.05) is 5.56 Å². The lowest BCUT2D eigenvalue weighted by atomic mass is 9.88. The van der Waals surface area contributed by atoms with Gasteiger partial charge < -0.3 is 4.90 Å². The molecule has 0 amide bonds. The molecule has 2 nitrogen and oxygen atoms in total. The first-order chi connectivity index (χ1) is 8.58. The Bertz CT molecular complexity index is 407. The molecule has 0 saturated carbocycles. The molecule has 1 heterocycles. The molecule has 1 unspecified atom stereocenters. The first-order valence-corrected chi connectivity index (χ1v) is 6.51. The highest BCUT2D eigenvalue weighted by Crippen LogP contribution is 2.33. The number of carbonyl (C=O) groups excluding carboxylic acids is 1. The average molecular weight is 249 g/mol. The minimum absolute atomic E-state index is 0.0243. The Morgan fingerprint density at radius 3 is 2.33 bits per heavy atom. The van der Waals surface area contributed by atoms with Crippen LogP contribution in [0.3, 0.4) is 0 Å². The van der Waals surface area contributed by atoms with Crippen LogP contribution >= 0.6 is 0 Å². The standard InChI is InChI=1S/C15H20FNO/c1-11(18)12-3-5-13(6-4-12)15(16)14-7-9-17(2)10-8-14/h3-6,14-15H,7-10H2,1-2H3. The smallest absolute Gasteiger partial charge is 0.159 e. The van der Waals surface area contributed by atoms with Crippen LogP contribution in [0.2, 0.25) is 0 Å². The Hall–Kier alpha value is -1.22. The van der Waals surface area contributed by atoms with E-state index in [9.17, 15) is 9.18 Å². The lowest BCUT2D eigenvalue weighted by molar-refractivity contribution is 0.101. The van der Waals surface area contributed by atoms with Gasteiger partial charge in [0.15, 0.2) is 5.78 Å². The van der Waals surface area contributed by atoms with Gasteiger partial charge in [0.1, 0.15) is 6.17 Å². The second-order valence-corrected chi connectivity index (χ2v) is 5.22. The molecule has 3 heteroatoms. The second-order valence-electron chi connectivity index (χ2n) is 5.22. The summed E-state index contributed by atoms with van der Waals surface area (Å²) < 4.78 is 14.4. The van der Waals surface area contributed by atoms with E-state index >= 15 is 0 Å². The van der Waals surface area contributed by atoms with E-state index in [0.717, 1.165) is 25.9 Å². The zero-order valence-corrected chi connectivity index (χ0v) is 11.0. The van der Waals surface area contributed by atoms with Gasteiger partial charge in [0.25, 0.3) is 0 Å². The van der Waals surface area contributed by atoms with Gasteiger partial charge in [-0.3, -0.25) is 4.79 Å². The summed E-state index contributed by atoms with van der Waals surface area (Å²) in [6, 6.07) is 6.94. The fourth-order valence-corrected chi connectivity index (χ4v) is 2.50. The summed E-state index contributed by atoms with van der Waals surface area (Å²) in [5.74, 6) is 0.139. The van der Waals surface area contributed by atoms with Crippen molar-refractivity contribution < 1.29 is 9.18 Å². The summed E-state index contributed by atoms with van der Waals surface area (Å²) in [6.45, 7) is 3.46. The Morgan fingerprint density at radius 1 is 1.28 bits per heavy atom. The van der Waals surface area contributed by atoms with E-state index in [2.05, 4.69) is 11.9 Å². The van der Waals surface area contributed by atoms with Crippen molar-refractivity contribution in [2.24, 2.45) is 5.92 Å². The molecular formula is C15H20FNO. The van der Waals surface area contributed by atoms with Crippen LogP contribution in [0.15, 0.2) is 24.3 Å². The molecule has 18 heavy (non-hydrogen) atoms. The zero-order chi connectivity index (χ0) is 13.1. The van der Waals surface area contributed by atoms with Crippen LogP contribution < -0.4 is 0 Å². The predicted octanol–water partition coefficient (Wildman–Crippen LogP) is 3.24. The average Bonchev–Trinajstić information content (AvgIpc) is 2.39. The second kappa shape index (κ2) is 5.61. The normalized spacial score (nSPS) is 19.7. The molecular weight excluding hydrogens is 229 g/mol. The minimum Gasteiger partial charge on any atom is -0.306 e. The van der Waals surface area contributed by atoms with Gasteiger partial charge >= 0.3 is 0 Å². The molecule has 1 aromatic carbocycles. The van der Waals surface area contributed by atoms with Gasteiger partial charge in [-0.2, -0.15) is 0 Å². The van der Waals surface area contributed by atoms with E-state index in [0.29, 0.717) is 11.1 Å². The van der Waals surface area contributed by atoms with E-state index < -0.39 is 6.17 Å². The fourth-order valence-electron chi connectivity index (χ4n) is 2.50. The maximum absolute atomic E-state index is 14.4. The molecule has 0 aliphatic carbocycles. The van der Waals surface area contributed by atoms with Crippen molar-refractivity contribution in [1.82, 2.24) is 4.90 Å². The number of hydrogen-bond acceptors (Lipinski definition) is 2. The molecule has 1 fully saturated rings. The highest BCUT2D eigenvalue weighted by atomic mass is 19.1. The van der Waals surface area contributed by atoms with Gasteiger partial charge in [-0.1, -0.05) is 24.3 Å². The van der Waals surface area contributed by atoms with Crippen LogP contribution in [0.1, 0.15) is 41.9 Å². The predicted molar refractivity (Wildman–Crippen MR) is 70.5 cm³/mol. The lowest BCUT2D eigenvalue weighted by Crippen LogP contribution is -2.31. The summed E-state index contributed by atoms with van der Waals surface area (Å²) in [5.41, 5.74) is 1.35. The highest BCUT2D eigenvalue weighted by molar-refractivity contribution is 5.94. The van der Waals surface area contributed by atoms with E-state index in [4.69, 9.17) is 0 Å². The number of rotatable bonds is 3. The number of halogens is 1. The van der Waals surface area contributed by atoms with Crippen LogP contribution in [-0.2, 0) is 0 Å². The molecule has 1 saturated heterocycles. The molecule has 0 N–H and O–H groups in total. The first-order valence-electron chi connectivity index (χ1n) is 6.51. The molecule has 1 aromatic rings. The third-order valence-electron chi connectivity index (χ3n) is 3.81. The van der Waals surface area contributed by atoms with Crippen molar-refractivity contribution in [2.45, 2.75) is 25.9 Å². The third kappa shape index (κ3) is 2.96. The highest BCUT2D eigenvalue weighted by Gasteiger charge is 2.26. The van der Waals surface area contributed by atoms with Crippen molar-refractivity contribution in [1.29, 1.82) is 0 Å². The number of nitrogens with zero attached hydrogens (tertiary/aromatic N) is 1. The maximum atomic E-state index is 14.4. The number of benzene rings is 1. The largest absolute Gasteiger partial charge is 0.306 e. The molecule has 0 aromatic heterocycles. The van der Waals surface area contributed by atoms with Crippen molar-refractivity contribution >= 4 is 5.78 Å². The van der Waals surface area contributed by atoms with E-state index in [-0.39, 0.29) is 11.7 Å². The molecule has 0 bridgehead atoms. The third-order valence-corrected chi connectivity index (χ3v) is 3.81. The molecule has 0 radical (unpaired) electrons. The number of likely N-dealkylation sites (tertiary alicyclic amines) is 1. The van der Waals surface area contributed by atoms with E-state index in [1.807, 2.05) is 0 Å². The van der Waals surface area contributed by atoms with Crippen molar-refractivity contribution in [3.8, 4) is 0 Å². The number of alkyl halides is 1. The SMILES string of the molecule is CC(=O)c1ccc(C(F)C2CCN(C)CC2)cc1. The van der Waals surface area contributed by atoms with Crippen molar-refractivity contribution in [3.63, 3.8) is 0 Å². The summed E-state index contributed by atoms with van der Waals surface area (Å²) in [5, 5.41) is 0. The summed E-state index contributed by atoms with van der Waals surface area (Å²) in [4.78, 5) is 13.4. The summed E-state index contributed by atoms with van der Waals surface area (Å²) in [6.07, 6.45) is 0.915. The summed E-state index contributed by atoms with van der Waals surface area (Å²) in [7, 11) is 2.07. The first kappa shape index (κ1) is 13.2. The Balaban J connectivity index is 2.04. The fraction of sp³-hybridized carbons (Fsp3) is 0.533. The maximum Gasteiger partial charge on any atom is 0.159 e. The van der Waals surface area contributed by atoms with Crippen LogP contribution in [0.5, 0.6) is 0 Å². The Kier molecular flexibility index (Phi) is 4.12. The number of piperidine rings is 1. The molecule has 1 aliphatic heterocycles. The molecule has 1 aliphatic rings.